The number of rotatable bonds is 6. The van der Waals surface area contributed by atoms with Crippen LogP contribution in [0.25, 0.3) is 11.3 Å². The van der Waals surface area contributed by atoms with Gasteiger partial charge in [0.2, 0.25) is 5.95 Å². The number of aliphatic hydroxyl groups is 1. The Bertz CT molecular complexity index is 1230. The zero-order valence-corrected chi connectivity index (χ0v) is 16.0. The summed E-state index contributed by atoms with van der Waals surface area (Å²) in [4.78, 5) is 21.1. The number of hydrogen-bond donors (Lipinski definition) is 3. The topological polar surface area (TPSA) is 134 Å². The molecule has 0 aliphatic rings. The predicted octanol–water partition coefficient (Wildman–Crippen LogP) is 1.94. The van der Waals surface area contributed by atoms with E-state index in [-0.39, 0.29) is 16.9 Å². The highest BCUT2D eigenvalue weighted by Gasteiger charge is 2.16. The minimum Gasteiger partial charge on any atom is -0.394 e. The van der Waals surface area contributed by atoms with E-state index in [1.807, 2.05) is 0 Å². The highest BCUT2D eigenvalue weighted by molar-refractivity contribution is 6.30. The monoisotopic (exact) mass is 428 g/mol. The van der Waals surface area contributed by atoms with Crippen molar-refractivity contribution in [2.45, 2.75) is 6.04 Å². The van der Waals surface area contributed by atoms with Crippen molar-refractivity contribution in [3.05, 3.63) is 75.5 Å². The average Bonchev–Trinajstić information content (AvgIpc) is 3.25. The highest BCUT2D eigenvalue weighted by Crippen LogP contribution is 2.23. The van der Waals surface area contributed by atoms with Crippen LogP contribution < -0.4 is 10.9 Å². The summed E-state index contributed by atoms with van der Waals surface area (Å²) in [5.41, 5.74) is 1.04. The molecule has 4 rings (SSSR count). The number of tetrazole rings is 1. The summed E-state index contributed by atoms with van der Waals surface area (Å²) in [5.74, 6) is -0.202. The highest BCUT2D eigenvalue weighted by atomic mass is 35.5. The summed E-state index contributed by atoms with van der Waals surface area (Å²) in [7, 11) is 0. The lowest BCUT2D eigenvalue weighted by atomic mass is 10.1. The van der Waals surface area contributed by atoms with Gasteiger partial charge in [0.1, 0.15) is 5.82 Å². The molecule has 3 heterocycles. The van der Waals surface area contributed by atoms with Crippen LogP contribution in [0.4, 0.5) is 16.3 Å². The lowest BCUT2D eigenvalue weighted by Gasteiger charge is -2.18. The SMILES string of the molecule is O=c1cc(-c2ccnc(Nc3nn[nH]n3)n2)ccn1C(CO)c1ccc(Cl)c(F)c1. The molecule has 0 aliphatic heterocycles. The second-order valence-corrected chi connectivity index (χ2v) is 6.57. The molecule has 1 atom stereocenters. The van der Waals surface area contributed by atoms with Crippen molar-refractivity contribution in [3.63, 3.8) is 0 Å². The molecule has 0 saturated heterocycles. The molecule has 10 nitrogen and oxygen atoms in total. The molecule has 0 spiro atoms. The summed E-state index contributed by atoms with van der Waals surface area (Å²) in [5, 5.41) is 25.8. The summed E-state index contributed by atoms with van der Waals surface area (Å²) < 4.78 is 15.1. The molecule has 3 N–H and O–H groups in total. The molecular formula is C18H14ClFN8O2. The molecular weight excluding hydrogens is 415 g/mol. The second kappa shape index (κ2) is 8.35. The third-order valence-corrected chi connectivity index (χ3v) is 4.61. The average molecular weight is 429 g/mol. The van der Waals surface area contributed by atoms with E-state index in [1.165, 1.54) is 35.2 Å². The predicted molar refractivity (Wildman–Crippen MR) is 106 cm³/mol. The number of pyridine rings is 1. The number of aromatic nitrogens is 7. The second-order valence-electron chi connectivity index (χ2n) is 6.16. The Kier molecular flexibility index (Phi) is 5.46. The normalized spacial score (nSPS) is 12.0. The molecule has 12 heteroatoms. The van der Waals surface area contributed by atoms with Gasteiger partial charge in [0, 0.05) is 24.0 Å². The van der Waals surface area contributed by atoms with Gasteiger partial charge in [-0.05, 0) is 35.0 Å². The molecule has 0 fully saturated rings. The van der Waals surface area contributed by atoms with E-state index >= 15 is 0 Å². The number of hydrogen-bond acceptors (Lipinski definition) is 8. The maximum Gasteiger partial charge on any atom is 0.269 e. The van der Waals surface area contributed by atoms with Crippen molar-refractivity contribution in [1.29, 1.82) is 0 Å². The Morgan fingerprint density at radius 2 is 2.10 bits per heavy atom. The van der Waals surface area contributed by atoms with Crippen molar-refractivity contribution in [2.24, 2.45) is 0 Å². The summed E-state index contributed by atoms with van der Waals surface area (Å²) in [6.45, 7) is -0.396. The van der Waals surface area contributed by atoms with Crippen LogP contribution in [0, 0.1) is 5.82 Å². The fourth-order valence-electron chi connectivity index (χ4n) is 2.87. The van der Waals surface area contributed by atoms with Crippen LogP contribution in [-0.2, 0) is 0 Å². The summed E-state index contributed by atoms with van der Waals surface area (Å²) in [6, 6.07) is 8.05. The van der Waals surface area contributed by atoms with Gasteiger partial charge in [-0.15, -0.1) is 5.10 Å². The Hall–Kier alpha value is -3.70. The van der Waals surface area contributed by atoms with Gasteiger partial charge in [-0.3, -0.25) is 10.1 Å². The molecule has 0 bridgehead atoms. The van der Waals surface area contributed by atoms with Gasteiger partial charge in [0.25, 0.3) is 11.5 Å². The smallest absolute Gasteiger partial charge is 0.269 e. The van der Waals surface area contributed by atoms with Crippen LogP contribution in [0.3, 0.4) is 0 Å². The Morgan fingerprint density at radius 3 is 2.80 bits per heavy atom. The summed E-state index contributed by atoms with van der Waals surface area (Å²) in [6.07, 6.45) is 3.03. The Morgan fingerprint density at radius 1 is 1.23 bits per heavy atom. The maximum atomic E-state index is 13.8. The van der Waals surface area contributed by atoms with Gasteiger partial charge in [0.15, 0.2) is 0 Å². The minimum absolute atomic E-state index is 0.0351. The summed E-state index contributed by atoms with van der Waals surface area (Å²) >= 11 is 5.72. The van der Waals surface area contributed by atoms with Gasteiger partial charge < -0.3 is 9.67 Å². The molecule has 3 aromatic heterocycles. The Labute approximate surface area is 173 Å². The quantitative estimate of drug-likeness (QED) is 0.424. The van der Waals surface area contributed by atoms with Crippen molar-refractivity contribution in [1.82, 2.24) is 35.2 Å². The van der Waals surface area contributed by atoms with Crippen LogP contribution >= 0.6 is 11.6 Å². The van der Waals surface area contributed by atoms with E-state index in [4.69, 9.17) is 11.6 Å². The number of nitrogens with zero attached hydrogens (tertiary/aromatic N) is 6. The first-order valence-corrected chi connectivity index (χ1v) is 9.05. The number of aromatic amines is 1. The van der Waals surface area contributed by atoms with E-state index in [9.17, 15) is 14.3 Å². The number of nitrogens with one attached hydrogen (secondary N) is 2. The first-order chi connectivity index (χ1) is 14.5. The third-order valence-electron chi connectivity index (χ3n) is 4.31. The van der Waals surface area contributed by atoms with Gasteiger partial charge in [0.05, 0.1) is 23.4 Å². The van der Waals surface area contributed by atoms with Crippen molar-refractivity contribution >= 4 is 23.5 Å². The van der Waals surface area contributed by atoms with E-state index in [1.54, 1.807) is 18.2 Å². The van der Waals surface area contributed by atoms with Crippen LogP contribution in [0.1, 0.15) is 11.6 Å². The van der Waals surface area contributed by atoms with Crippen LogP contribution in [0.2, 0.25) is 5.02 Å². The fourth-order valence-corrected chi connectivity index (χ4v) is 2.99. The van der Waals surface area contributed by atoms with Gasteiger partial charge >= 0.3 is 0 Å². The molecule has 0 radical (unpaired) electrons. The van der Waals surface area contributed by atoms with Crippen LogP contribution in [0.15, 0.2) is 53.6 Å². The van der Waals surface area contributed by atoms with E-state index < -0.39 is 24.0 Å². The lowest BCUT2D eigenvalue weighted by molar-refractivity contribution is 0.247. The minimum atomic E-state index is -0.765. The van der Waals surface area contributed by atoms with Crippen molar-refractivity contribution in [3.8, 4) is 11.3 Å². The molecule has 4 aromatic rings. The van der Waals surface area contributed by atoms with E-state index in [0.717, 1.165) is 0 Å². The number of aliphatic hydroxyl groups excluding tert-OH is 1. The molecule has 152 valence electrons. The van der Waals surface area contributed by atoms with Crippen molar-refractivity contribution in [2.75, 3.05) is 11.9 Å². The van der Waals surface area contributed by atoms with Gasteiger partial charge in [-0.25, -0.2) is 14.4 Å². The lowest BCUT2D eigenvalue weighted by Crippen LogP contribution is -2.27. The molecule has 0 amide bonds. The third kappa shape index (κ3) is 4.02. The number of anilines is 2. The molecule has 0 saturated carbocycles. The molecule has 30 heavy (non-hydrogen) atoms. The number of H-pyrrole nitrogens is 1. The number of benzene rings is 1. The first kappa shape index (κ1) is 19.6. The van der Waals surface area contributed by atoms with E-state index in [2.05, 4.69) is 35.9 Å². The molecule has 1 aromatic carbocycles. The zero-order valence-electron chi connectivity index (χ0n) is 15.2. The van der Waals surface area contributed by atoms with Gasteiger partial charge in [-0.1, -0.05) is 22.8 Å². The van der Waals surface area contributed by atoms with E-state index in [0.29, 0.717) is 16.8 Å². The van der Waals surface area contributed by atoms with Gasteiger partial charge in [-0.2, -0.15) is 5.21 Å². The molecule has 0 aliphatic carbocycles. The molecule has 1 unspecified atom stereocenters. The Balaban J connectivity index is 1.64. The van der Waals surface area contributed by atoms with Crippen molar-refractivity contribution < 1.29 is 9.50 Å². The maximum absolute atomic E-state index is 13.8. The van der Waals surface area contributed by atoms with Crippen LogP contribution in [-0.4, -0.2) is 46.9 Å². The first-order valence-electron chi connectivity index (χ1n) is 8.67. The standard InChI is InChI=1S/C18H14ClFN8O2/c19-12-2-1-11(7-13(12)20)15(9-29)28-6-4-10(8-16(28)30)14-3-5-21-17(22-14)23-18-24-26-27-25-18/h1-8,15,29H,9H2,(H2,21,22,23,24,25,26,27). The largest absolute Gasteiger partial charge is 0.394 e. The number of halogens is 2. The fraction of sp³-hybridized carbons (Fsp3) is 0.111. The zero-order chi connectivity index (χ0) is 21.1. The van der Waals surface area contributed by atoms with Crippen LogP contribution in [0.5, 0.6) is 0 Å².